The van der Waals surface area contributed by atoms with Gasteiger partial charge in [-0.3, -0.25) is 9.48 Å². The zero-order chi connectivity index (χ0) is 14.4. The van der Waals surface area contributed by atoms with Crippen LogP contribution in [0.1, 0.15) is 28.0 Å². The quantitative estimate of drug-likeness (QED) is 0.859. The lowest BCUT2D eigenvalue weighted by Gasteiger charge is -2.33. The first kappa shape index (κ1) is 12.6. The minimum atomic E-state index is -0.00697. The number of carbonyl (C=O) groups excluding carboxylic acids is 1. The van der Waals surface area contributed by atoms with Crippen LogP contribution in [0, 0.1) is 0 Å². The Kier molecular flexibility index (Phi) is 2.82. The summed E-state index contributed by atoms with van der Waals surface area (Å²) in [5.41, 5.74) is 10.1. The summed E-state index contributed by atoms with van der Waals surface area (Å²) in [5.74, 6) is 0.0285. The lowest BCUT2D eigenvalue weighted by Crippen LogP contribution is -2.46. The molecule has 0 bridgehead atoms. The summed E-state index contributed by atoms with van der Waals surface area (Å²) in [6.45, 7) is 1.49. The van der Waals surface area contributed by atoms with E-state index in [4.69, 9.17) is 5.73 Å². The highest BCUT2D eigenvalue weighted by Gasteiger charge is 2.30. The number of anilines is 1. The lowest BCUT2D eigenvalue weighted by molar-refractivity contribution is 0.0982. The highest BCUT2D eigenvalue weighted by atomic mass is 16.2. The van der Waals surface area contributed by atoms with Crippen molar-refractivity contribution < 1.29 is 4.79 Å². The highest BCUT2D eigenvalue weighted by Crippen LogP contribution is 2.29. The Morgan fingerprint density at radius 1 is 1.33 bits per heavy atom. The van der Waals surface area contributed by atoms with Gasteiger partial charge in [-0.2, -0.15) is 5.10 Å². The third-order valence-corrected chi connectivity index (χ3v) is 4.39. The van der Waals surface area contributed by atoms with E-state index >= 15 is 0 Å². The van der Waals surface area contributed by atoms with Gasteiger partial charge in [-0.1, -0.05) is 18.2 Å². The Balaban J connectivity index is 1.74. The second kappa shape index (κ2) is 4.70. The second-order valence-electron chi connectivity index (χ2n) is 5.84. The fraction of sp³-hybridized carbons (Fsp3) is 0.375. The van der Waals surface area contributed by atoms with Crippen LogP contribution in [0.15, 0.2) is 30.5 Å². The topological polar surface area (TPSA) is 64.2 Å². The monoisotopic (exact) mass is 282 g/mol. The predicted octanol–water partition coefficient (Wildman–Crippen LogP) is 1.36. The molecule has 1 aromatic heterocycles. The van der Waals surface area contributed by atoms with Crippen molar-refractivity contribution in [3.63, 3.8) is 0 Å². The number of aryl methyl sites for hydroxylation is 1. The Bertz CT molecular complexity index is 706. The number of hydrogen-bond acceptors (Lipinski definition) is 3. The van der Waals surface area contributed by atoms with Crippen LogP contribution in [-0.4, -0.2) is 28.3 Å². The molecule has 2 aliphatic rings. The Hall–Kier alpha value is -2.14. The van der Waals surface area contributed by atoms with Gasteiger partial charge >= 0.3 is 0 Å². The molecule has 0 radical (unpaired) electrons. The van der Waals surface area contributed by atoms with Crippen molar-refractivity contribution in [2.75, 3.05) is 11.4 Å². The summed E-state index contributed by atoms with van der Waals surface area (Å²) >= 11 is 0. The summed E-state index contributed by atoms with van der Waals surface area (Å²) in [5, 5.41) is 4.33. The van der Waals surface area contributed by atoms with Crippen LogP contribution >= 0.6 is 0 Å². The van der Waals surface area contributed by atoms with Crippen molar-refractivity contribution in [3.05, 3.63) is 47.3 Å². The van der Waals surface area contributed by atoms with Gasteiger partial charge in [-0.25, -0.2) is 0 Å². The number of aromatic nitrogens is 2. The van der Waals surface area contributed by atoms with Crippen molar-refractivity contribution in [1.29, 1.82) is 0 Å². The molecule has 3 heterocycles. The minimum Gasteiger partial charge on any atom is -0.326 e. The predicted molar refractivity (Wildman–Crippen MR) is 80.3 cm³/mol. The SMILES string of the molecule is NC1Cc2ccccc2N(C(=O)c2cnn3c2CCC3)C1. The summed E-state index contributed by atoms with van der Waals surface area (Å²) < 4.78 is 1.95. The molecule has 0 saturated carbocycles. The number of fused-ring (bicyclic) bond motifs is 2. The summed E-state index contributed by atoms with van der Waals surface area (Å²) in [6, 6.07) is 8.02. The highest BCUT2D eigenvalue weighted by molar-refractivity contribution is 6.07. The van der Waals surface area contributed by atoms with Gasteiger partial charge in [0.05, 0.1) is 17.5 Å². The van der Waals surface area contributed by atoms with Crippen LogP contribution in [0.4, 0.5) is 5.69 Å². The molecule has 1 atom stereocenters. The molecule has 2 N–H and O–H groups in total. The minimum absolute atomic E-state index is 0.00697. The number of amides is 1. The van der Waals surface area contributed by atoms with Gasteiger partial charge in [0.1, 0.15) is 0 Å². The third kappa shape index (κ3) is 1.96. The van der Waals surface area contributed by atoms with Crippen LogP contribution in [0.2, 0.25) is 0 Å². The van der Waals surface area contributed by atoms with Crippen molar-refractivity contribution in [3.8, 4) is 0 Å². The number of para-hydroxylation sites is 1. The first-order valence-corrected chi connectivity index (χ1v) is 7.44. The van der Waals surface area contributed by atoms with Gasteiger partial charge in [-0.05, 0) is 30.9 Å². The Labute approximate surface area is 123 Å². The number of rotatable bonds is 1. The fourth-order valence-corrected chi connectivity index (χ4v) is 3.41. The molecular formula is C16H18N4O. The smallest absolute Gasteiger partial charge is 0.261 e. The zero-order valence-corrected chi connectivity index (χ0v) is 11.8. The van der Waals surface area contributed by atoms with E-state index in [1.54, 1.807) is 6.20 Å². The number of nitrogens with two attached hydrogens (primary N) is 1. The van der Waals surface area contributed by atoms with E-state index in [-0.39, 0.29) is 11.9 Å². The van der Waals surface area contributed by atoms with Gasteiger partial charge in [0.2, 0.25) is 0 Å². The average molecular weight is 282 g/mol. The molecule has 0 aliphatic carbocycles. The lowest BCUT2D eigenvalue weighted by atomic mass is 9.97. The van der Waals surface area contributed by atoms with Crippen molar-refractivity contribution >= 4 is 11.6 Å². The third-order valence-electron chi connectivity index (χ3n) is 4.39. The molecule has 4 rings (SSSR count). The zero-order valence-electron chi connectivity index (χ0n) is 11.8. The van der Waals surface area contributed by atoms with Gasteiger partial charge in [-0.15, -0.1) is 0 Å². The largest absolute Gasteiger partial charge is 0.326 e. The fourth-order valence-electron chi connectivity index (χ4n) is 3.41. The van der Waals surface area contributed by atoms with Crippen LogP contribution in [-0.2, 0) is 19.4 Å². The molecule has 1 aromatic carbocycles. The molecular weight excluding hydrogens is 264 g/mol. The second-order valence-corrected chi connectivity index (χ2v) is 5.84. The Morgan fingerprint density at radius 3 is 3.10 bits per heavy atom. The van der Waals surface area contributed by atoms with Crippen molar-refractivity contribution in [1.82, 2.24) is 9.78 Å². The van der Waals surface area contributed by atoms with E-state index in [1.807, 2.05) is 27.8 Å². The van der Waals surface area contributed by atoms with E-state index < -0.39 is 0 Å². The molecule has 2 aromatic rings. The van der Waals surface area contributed by atoms with E-state index in [2.05, 4.69) is 11.2 Å². The first-order valence-electron chi connectivity index (χ1n) is 7.44. The normalized spacial score (nSPS) is 20.2. The summed E-state index contributed by atoms with van der Waals surface area (Å²) in [4.78, 5) is 14.8. The van der Waals surface area contributed by atoms with Crippen LogP contribution < -0.4 is 10.6 Å². The van der Waals surface area contributed by atoms with Crippen LogP contribution in [0.3, 0.4) is 0 Å². The van der Waals surface area contributed by atoms with E-state index in [9.17, 15) is 4.79 Å². The molecule has 108 valence electrons. The molecule has 1 amide bonds. The van der Waals surface area contributed by atoms with Crippen molar-refractivity contribution in [2.45, 2.75) is 31.8 Å². The van der Waals surface area contributed by atoms with Crippen LogP contribution in [0.25, 0.3) is 0 Å². The maximum Gasteiger partial charge on any atom is 0.261 e. The molecule has 5 heteroatoms. The molecule has 5 nitrogen and oxygen atoms in total. The first-order chi connectivity index (χ1) is 10.2. The molecule has 2 aliphatic heterocycles. The number of nitrogens with zero attached hydrogens (tertiary/aromatic N) is 3. The van der Waals surface area contributed by atoms with Gasteiger partial charge in [0, 0.05) is 24.8 Å². The van der Waals surface area contributed by atoms with Gasteiger partial charge in [0.25, 0.3) is 5.91 Å². The number of hydrogen-bond donors (Lipinski definition) is 1. The molecule has 0 saturated heterocycles. The molecule has 0 spiro atoms. The maximum atomic E-state index is 12.9. The number of carbonyl (C=O) groups is 1. The van der Waals surface area contributed by atoms with E-state index in [1.165, 1.54) is 0 Å². The van der Waals surface area contributed by atoms with E-state index in [0.717, 1.165) is 48.3 Å². The summed E-state index contributed by atoms with van der Waals surface area (Å²) in [6.07, 6.45) is 4.54. The maximum absolute atomic E-state index is 12.9. The number of benzene rings is 1. The molecule has 1 unspecified atom stereocenters. The molecule has 0 fully saturated rings. The molecule has 21 heavy (non-hydrogen) atoms. The van der Waals surface area contributed by atoms with Crippen LogP contribution in [0.5, 0.6) is 0 Å². The van der Waals surface area contributed by atoms with Crippen molar-refractivity contribution in [2.24, 2.45) is 5.73 Å². The average Bonchev–Trinajstić information content (AvgIpc) is 3.08. The standard InChI is InChI=1S/C16H18N4O/c17-12-8-11-4-1-2-5-14(11)19(10-12)16(21)13-9-18-20-7-3-6-15(13)20/h1-2,4-5,9,12H,3,6-8,10,17H2. The van der Waals surface area contributed by atoms with Gasteiger partial charge < -0.3 is 10.6 Å². The Morgan fingerprint density at radius 2 is 2.19 bits per heavy atom. The summed E-state index contributed by atoms with van der Waals surface area (Å²) in [7, 11) is 0. The van der Waals surface area contributed by atoms with Gasteiger partial charge in [0.15, 0.2) is 0 Å². The van der Waals surface area contributed by atoms with E-state index in [0.29, 0.717) is 6.54 Å².